The molecule has 10 heteroatoms. The number of carbonyl (C=O) groups excluding carboxylic acids is 2. The first-order valence-electron chi connectivity index (χ1n) is 14.2. The molecule has 9 nitrogen and oxygen atoms in total. The fourth-order valence-corrected chi connectivity index (χ4v) is 5.95. The van der Waals surface area contributed by atoms with Gasteiger partial charge >= 0.3 is 6.09 Å². The Morgan fingerprint density at radius 1 is 1.10 bits per heavy atom. The summed E-state index contributed by atoms with van der Waals surface area (Å²) in [5.74, 6) is -0.279. The van der Waals surface area contributed by atoms with Gasteiger partial charge < -0.3 is 20.3 Å². The van der Waals surface area contributed by atoms with E-state index in [1.165, 1.54) is 11.6 Å². The zero-order valence-electron chi connectivity index (χ0n) is 22.8. The van der Waals surface area contributed by atoms with Gasteiger partial charge in [-0.2, -0.15) is 5.10 Å². The van der Waals surface area contributed by atoms with Crippen molar-refractivity contribution in [3.05, 3.63) is 82.9 Å². The van der Waals surface area contributed by atoms with Gasteiger partial charge in [-0.25, -0.2) is 18.7 Å². The molecule has 1 aliphatic carbocycles. The number of halogens is 1. The zero-order valence-corrected chi connectivity index (χ0v) is 22.8. The molecule has 4 aromatic rings. The van der Waals surface area contributed by atoms with Crippen molar-refractivity contribution >= 4 is 17.6 Å². The minimum Gasteiger partial charge on any atom is -0.410 e. The van der Waals surface area contributed by atoms with Crippen molar-refractivity contribution in [3.63, 3.8) is 0 Å². The van der Waals surface area contributed by atoms with Crippen LogP contribution < -0.4 is 15.4 Å². The fourth-order valence-electron chi connectivity index (χ4n) is 5.95. The van der Waals surface area contributed by atoms with E-state index in [2.05, 4.69) is 34.8 Å². The van der Waals surface area contributed by atoms with E-state index in [1.807, 2.05) is 23.1 Å². The highest BCUT2D eigenvalue weighted by atomic mass is 19.1. The number of ether oxygens (including phenoxy) is 1. The minimum atomic E-state index is -0.611. The van der Waals surface area contributed by atoms with Crippen LogP contribution in [0.2, 0.25) is 0 Å². The highest BCUT2D eigenvalue weighted by Crippen LogP contribution is 2.41. The van der Waals surface area contributed by atoms with E-state index in [-0.39, 0.29) is 35.2 Å². The van der Waals surface area contributed by atoms with Gasteiger partial charge in [-0.15, -0.1) is 0 Å². The van der Waals surface area contributed by atoms with Crippen molar-refractivity contribution in [2.45, 2.75) is 50.6 Å². The molecule has 41 heavy (non-hydrogen) atoms. The van der Waals surface area contributed by atoms with Gasteiger partial charge in [-0.05, 0) is 68.5 Å². The number of aromatic nitrogens is 3. The van der Waals surface area contributed by atoms with E-state index in [9.17, 15) is 9.59 Å². The first-order chi connectivity index (χ1) is 19.9. The lowest BCUT2D eigenvalue weighted by molar-refractivity contribution is 0.0671. The molecule has 3 aliphatic rings. The maximum atomic E-state index is 15.3. The molecule has 2 aromatic carbocycles. The van der Waals surface area contributed by atoms with E-state index in [4.69, 9.17) is 9.72 Å². The molecular formula is C31H31FN6O3. The standard InChI is InChI=1S/C31H31FN6O3/c1-18-23-5-3-2-4-19(23)11-13-37(18)30(39)27-15-28(20-6-7-20)38-29(35-27)16-26(36-38)24-9-8-22(14-25(24)32)41-31(40)34-21-10-12-33-17-21/h2-5,8-9,14-16,18,20-21,33H,6-7,10-13,17H2,1H3,(H,34,40)/t18-,21?/m1/s1. The van der Waals surface area contributed by atoms with E-state index >= 15 is 4.39 Å². The second-order valence-corrected chi connectivity index (χ2v) is 11.1. The molecule has 1 unspecified atom stereocenters. The summed E-state index contributed by atoms with van der Waals surface area (Å²) in [6.07, 6.45) is 3.04. The van der Waals surface area contributed by atoms with Crippen molar-refractivity contribution in [1.29, 1.82) is 0 Å². The second-order valence-electron chi connectivity index (χ2n) is 11.1. The van der Waals surface area contributed by atoms with Gasteiger partial charge in [0.2, 0.25) is 0 Å². The van der Waals surface area contributed by atoms with Crippen LogP contribution in [0.3, 0.4) is 0 Å². The molecule has 0 spiro atoms. The number of benzene rings is 2. The highest BCUT2D eigenvalue weighted by Gasteiger charge is 2.32. The van der Waals surface area contributed by atoms with Gasteiger partial charge in [-0.3, -0.25) is 4.79 Å². The van der Waals surface area contributed by atoms with Gasteiger partial charge in [0.1, 0.15) is 17.3 Å². The molecule has 2 amide bonds. The van der Waals surface area contributed by atoms with Crippen LogP contribution in [0.15, 0.2) is 54.6 Å². The summed E-state index contributed by atoms with van der Waals surface area (Å²) in [4.78, 5) is 32.5. The molecule has 0 radical (unpaired) electrons. The lowest BCUT2D eigenvalue weighted by atomic mass is 9.93. The molecule has 2 fully saturated rings. The summed E-state index contributed by atoms with van der Waals surface area (Å²) in [6.45, 7) is 4.21. The van der Waals surface area contributed by atoms with Crippen LogP contribution in [0, 0.1) is 5.82 Å². The maximum absolute atomic E-state index is 15.3. The molecule has 2 atom stereocenters. The molecule has 1 saturated carbocycles. The van der Waals surface area contributed by atoms with Crippen molar-refractivity contribution in [1.82, 2.24) is 30.1 Å². The molecule has 0 bridgehead atoms. The Kier molecular flexibility index (Phi) is 6.42. The first kappa shape index (κ1) is 25.6. The quantitative estimate of drug-likeness (QED) is 0.373. The van der Waals surface area contributed by atoms with Crippen LogP contribution >= 0.6 is 0 Å². The van der Waals surface area contributed by atoms with E-state index in [1.54, 1.807) is 22.7 Å². The lowest BCUT2D eigenvalue weighted by Crippen LogP contribution is -2.39. The third kappa shape index (κ3) is 4.93. The molecular weight excluding hydrogens is 523 g/mol. The van der Waals surface area contributed by atoms with Gasteiger partial charge in [0.15, 0.2) is 5.65 Å². The van der Waals surface area contributed by atoms with Crippen molar-refractivity contribution in [2.24, 2.45) is 0 Å². The Morgan fingerprint density at radius 3 is 2.73 bits per heavy atom. The summed E-state index contributed by atoms with van der Waals surface area (Å²) >= 11 is 0. The molecule has 2 aromatic heterocycles. The van der Waals surface area contributed by atoms with E-state index in [0.29, 0.717) is 30.1 Å². The normalized spacial score (nSPS) is 20.2. The number of fused-ring (bicyclic) bond motifs is 2. The number of carbonyl (C=O) groups is 2. The third-order valence-corrected chi connectivity index (χ3v) is 8.33. The van der Waals surface area contributed by atoms with Crippen molar-refractivity contribution in [2.75, 3.05) is 19.6 Å². The molecule has 1 saturated heterocycles. The SMILES string of the molecule is C[C@@H]1c2ccccc2CCN1C(=O)c1cc(C2CC2)n2nc(-c3ccc(OC(=O)NC4CCNC4)cc3F)cc2n1. The molecule has 7 rings (SSSR count). The minimum absolute atomic E-state index is 0.00321. The van der Waals surface area contributed by atoms with Crippen molar-refractivity contribution in [3.8, 4) is 17.0 Å². The Morgan fingerprint density at radius 2 is 1.95 bits per heavy atom. The zero-order chi connectivity index (χ0) is 28.1. The van der Waals surface area contributed by atoms with Gasteiger partial charge in [0, 0.05) is 48.4 Å². The van der Waals surface area contributed by atoms with Crippen LogP contribution in [0.5, 0.6) is 5.75 Å². The first-order valence-corrected chi connectivity index (χ1v) is 14.2. The van der Waals surface area contributed by atoms with Gasteiger partial charge in [0.05, 0.1) is 11.7 Å². The topological polar surface area (TPSA) is 101 Å². The number of nitrogens with zero attached hydrogens (tertiary/aromatic N) is 4. The Hall–Kier alpha value is -4.31. The fraction of sp³-hybridized carbons (Fsp3) is 0.355. The number of nitrogens with one attached hydrogen (secondary N) is 2. The average molecular weight is 555 g/mol. The molecule has 4 heterocycles. The van der Waals surface area contributed by atoms with Gasteiger partial charge in [-0.1, -0.05) is 24.3 Å². The highest BCUT2D eigenvalue weighted by molar-refractivity contribution is 5.93. The van der Waals surface area contributed by atoms with E-state index < -0.39 is 11.9 Å². The smallest absolute Gasteiger partial charge is 0.410 e. The van der Waals surface area contributed by atoms with Crippen molar-refractivity contribution < 1.29 is 18.7 Å². The summed E-state index contributed by atoms with van der Waals surface area (Å²) in [7, 11) is 0. The van der Waals surface area contributed by atoms with Crippen LogP contribution in [-0.4, -0.2) is 57.2 Å². The third-order valence-electron chi connectivity index (χ3n) is 8.33. The largest absolute Gasteiger partial charge is 0.412 e. The van der Waals surface area contributed by atoms with Crippen LogP contribution in [0.1, 0.15) is 65.5 Å². The van der Waals surface area contributed by atoms with Gasteiger partial charge in [0.25, 0.3) is 5.91 Å². The Balaban J connectivity index is 1.16. The Labute approximate surface area is 236 Å². The lowest BCUT2D eigenvalue weighted by Gasteiger charge is -2.35. The monoisotopic (exact) mass is 554 g/mol. The summed E-state index contributed by atoms with van der Waals surface area (Å²) in [5.41, 5.74) is 4.89. The van der Waals surface area contributed by atoms with Crippen LogP contribution in [0.4, 0.5) is 9.18 Å². The Bertz CT molecular complexity index is 1660. The molecule has 2 N–H and O–H groups in total. The van der Waals surface area contributed by atoms with E-state index in [0.717, 1.165) is 43.5 Å². The predicted molar refractivity (Wildman–Crippen MR) is 150 cm³/mol. The number of hydrogen-bond acceptors (Lipinski definition) is 6. The summed E-state index contributed by atoms with van der Waals surface area (Å²) < 4.78 is 22.3. The summed E-state index contributed by atoms with van der Waals surface area (Å²) in [6, 6.07) is 16.0. The summed E-state index contributed by atoms with van der Waals surface area (Å²) in [5, 5.41) is 10.6. The average Bonchev–Trinajstić information content (AvgIpc) is 3.52. The number of hydrogen-bond donors (Lipinski definition) is 2. The number of amides is 2. The number of rotatable bonds is 5. The molecule has 210 valence electrons. The van der Waals surface area contributed by atoms with Crippen LogP contribution in [0.25, 0.3) is 16.9 Å². The van der Waals surface area contributed by atoms with Crippen LogP contribution in [-0.2, 0) is 6.42 Å². The predicted octanol–water partition coefficient (Wildman–Crippen LogP) is 4.62. The second kappa shape index (κ2) is 10.3. The molecule has 2 aliphatic heterocycles. The maximum Gasteiger partial charge on any atom is 0.412 e.